The number of amides is 2. The van der Waals surface area contributed by atoms with Crippen LogP contribution in [0.25, 0.3) is 0 Å². The van der Waals surface area contributed by atoms with Crippen LogP contribution in [0.5, 0.6) is 0 Å². The first-order valence-electron chi connectivity index (χ1n) is 4.22. The number of hydrogen-bond acceptors (Lipinski definition) is 4. The van der Waals surface area contributed by atoms with Gasteiger partial charge < -0.3 is 20.5 Å². The van der Waals surface area contributed by atoms with Gasteiger partial charge in [0.05, 0.1) is 12.7 Å². The number of ether oxygens (including phenoxy) is 2. The zero-order valence-corrected chi connectivity index (χ0v) is 8.57. The Hall–Kier alpha value is -1.30. The Kier molecular flexibility index (Phi) is 5.62. The maximum atomic E-state index is 11.0. The van der Waals surface area contributed by atoms with Crippen LogP contribution in [-0.2, 0) is 14.3 Å². The molecule has 0 spiro atoms. The lowest BCUT2D eigenvalue weighted by Gasteiger charge is -2.15. The normalized spacial score (nSPS) is 12.3. The predicted molar refractivity (Wildman–Crippen MR) is 49.6 cm³/mol. The average molecular weight is 204 g/mol. The number of nitrogens with two attached hydrogens (primary N) is 1. The number of rotatable bonds is 5. The largest absolute Gasteiger partial charge is 0.447 e. The van der Waals surface area contributed by atoms with E-state index in [-0.39, 0.29) is 12.7 Å². The first kappa shape index (κ1) is 12.7. The molecule has 0 bridgehead atoms. The molecule has 0 heterocycles. The van der Waals surface area contributed by atoms with Gasteiger partial charge in [-0.2, -0.15) is 0 Å². The van der Waals surface area contributed by atoms with Crippen molar-refractivity contribution in [3.63, 3.8) is 0 Å². The summed E-state index contributed by atoms with van der Waals surface area (Å²) in [5, 5.41) is 2.29. The molecule has 82 valence electrons. The second-order valence-electron chi connectivity index (χ2n) is 3.01. The highest BCUT2D eigenvalue weighted by Crippen LogP contribution is 1.91. The number of hydrogen-bond donors (Lipinski definition) is 2. The second-order valence-corrected chi connectivity index (χ2v) is 3.01. The van der Waals surface area contributed by atoms with Gasteiger partial charge in [0.25, 0.3) is 0 Å². The number of alkyl carbamates (subject to hydrolysis) is 1. The third kappa shape index (κ3) is 5.36. The highest BCUT2D eigenvalue weighted by Gasteiger charge is 2.18. The van der Waals surface area contributed by atoms with E-state index in [1.54, 1.807) is 13.8 Å². The van der Waals surface area contributed by atoms with Crippen molar-refractivity contribution in [2.75, 3.05) is 13.7 Å². The second kappa shape index (κ2) is 6.20. The topological polar surface area (TPSA) is 90.7 Å². The lowest BCUT2D eigenvalue weighted by Crippen LogP contribution is -2.47. The molecule has 0 aromatic rings. The fraction of sp³-hybridized carbons (Fsp3) is 0.750. The molecule has 1 unspecified atom stereocenters. The van der Waals surface area contributed by atoms with Gasteiger partial charge in [-0.3, -0.25) is 4.79 Å². The van der Waals surface area contributed by atoms with Crippen LogP contribution in [0.15, 0.2) is 0 Å². The summed E-state index contributed by atoms with van der Waals surface area (Å²) in [7, 11) is 1.41. The minimum Gasteiger partial charge on any atom is -0.447 e. The fourth-order valence-electron chi connectivity index (χ4n) is 0.752. The monoisotopic (exact) mass is 204 g/mol. The Balaban J connectivity index is 4.02. The average Bonchev–Trinajstić information content (AvgIpc) is 2.01. The molecule has 0 aromatic heterocycles. The number of methoxy groups -OCH3 is 1. The predicted octanol–water partition coefficient (Wildman–Crippen LogP) is -0.379. The van der Waals surface area contributed by atoms with Gasteiger partial charge in [-0.15, -0.1) is 0 Å². The van der Waals surface area contributed by atoms with Gasteiger partial charge in [0, 0.05) is 7.11 Å². The van der Waals surface area contributed by atoms with Gasteiger partial charge in [0.1, 0.15) is 6.04 Å². The molecule has 0 aliphatic rings. The fourth-order valence-corrected chi connectivity index (χ4v) is 0.752. The van der Waals surface area contributed by atoms with E-state index in [4.69, 9.17) is 15.2 Å². The zero-order chi connectivity index (χ0) is 11.1. The van der Waals surface area contributed by atoms with Crippen LogP contribution in [0, 0.1) is 0 Å². The molecule has 1 atom stereocenters. The molecule has 0 aliphatic carbocycles. The molecule has 0 aliphatic heterocycles. The van der Waals surface area contributed by atoms with Gasteiger partial charge in [-0.05, 0) is 13.8 Å². The molecule has 0 saturated carbocycles. The first-order chi connectivity index (χ1) is 6.47. The minimum absolute atomic E-state index is 0.0303. The van der Waals surface area contributed by atoms with E-state index in [1.807, 2.05) is 0 Å². The number of primary amides is 1. The van der Waals surface area contributed by atoms with E-state index in [9.17, 15) is 9.59 Å². The smallest absolute Gasteiger partial charge is 0.408 e. The van der Waals surface area contributed by atoms with Gasteiger partial charge in [-0.1, -0.05) is 0 Å². The highest BCUT2D eigenvalue weighted by atomic mass is 16.6. The van der Waals surface area contributed by atoms with Gasteiger partial charge in [-0.25, -0.2) is 4.79 Å². The highest BCUT2D eigenvalue weighted by molar-refractivity contribution is 5.84. The van der Waals surface area contributed by atoms with E-state index in [2.05, 4.69) is 5.32 Å². The molecular weight excluding hydrogens is 188 g/mol. The van der Waals surface area contributed by atoms with Crippen molar-refractivity contribution in [3.05, 3.63) is 0 Å². The molecule has 6 nitrogen and oxygen atoms in total. The Morgan fingerprint density at radius 2 is 2.00 bits per heavy atom. The van der Waals surface area contributed by atoms with Gasteiger partial charge in [0.2, 0.25) is 5.91 Å². The summed E-state index contributed by atoms with van der Waals surface area (Å²) >= 11 is 0. The summed E-state index contributed by atoms with van der Waals surface area (Å²) in [6.07, 6.45) is -0.924. The summed E-state index contributed by atoms with van der Waals surface area (Å²) in [5.74, 6) is -0.660. The lowest BCUT2D eigenvalue weighted by molar-refractivity contribution is -0.121. The molecular formula is C8H16N2O4. The van der Waals surface area contributed by atoms with Crippen molar-refractivity contribution >= 4 is 12.0 Å². The van der Waals surface area contributed by atoms with Gasteiger partial charge in [0.15, 0.2) is 0 Å². The van der Waals surface area contributed by atoms with E-state index in [1.165, 1.54) is 7.11 Å². The molecule has 6 heteroatoms. The van der Waals surface area contributed by atoms with Crippen molar-refractivity contribution < 1.29 is 19.1 Å². The van der Waals surface area contributed by atoms with Crippen LogP contribution < -0.4 is 11.1 Å². The van der Waals surface area contributed by atoms with E-state index in [0.29, 0.717) is 0 Å². The van der Waals surface area contributed by atoms with Crippen LogP contribution in [0.2, 0.25) is 0 Å². The molecule has 0 radical (unpaired) electrons. The number of carbonyl (C=O) groups is 2. The van der Waals surface area contributed by atoms with Crippen molar-refractivity contribution in [3.8, 4) is 0 Å². The van der Waals surface area contributed by atoms with E-state index in [0.717, 1.165) is 0 Å². The standard InChI is InChI=1S/C8H16N2O4/c1-5(2)14-8(12)10-6(4-13-3)7(9)11/h5-6H,4H2,1-3H3,(H2,9,11)(H,10,12). The van der Waals surface area contributed by atoms with Crippen LogP contribution >= 0.6 is 0 Å². The molecule has 2 amide bonds. The Morgan fingerprint density at radius 1 is 1.43 bits per heavy atom. The number of carbonyl (C=O) groups excluding carboxylic acids is 2. The van der Waals surface area contributed by atoms with Crippen molar-refractivity contribution in [2.24, 2.45) is 5.73 Å². The summed E-state index contributed by atoms with van der Waals surface area (Å²) in [6.45, 7) is 3.44. The summed E-state index contributed by atoms with van der Waals surface area (Å²) in [6, 6.07) is -0.855. The quantitative estimate of drug-likeness (QED) is 0.638. The summed E-state index contributed by atoms with van der Waals surface area (Å²) < 4.78 is 9.46. The molecule has 3 N–H and O–H groups in total. The molecule has 0 rings (SSSR count). The van der Waals surface area contributed by atoms with Gasteiger partial charge >= 0.3 is 6.09 Å². The molecule has 0 aromatic carbocycles. The SMILES string of the molecule is COCC(NC(=O)OC(C)C)C(N)=O. The third-order valence-corrected chi connectivity index (χ3v) is 1.31. The van der Waals surface area contributed by atoms with Crippen LogP contribution in [0.4, 0.5) is 4.79 Å². The minimum atomic E-state index is -0.855. The summed E-state index contributed by atoms with van der Waals surface area (Å²) in [4.78, 5) is 21.8. The Morgan fingerprint density at radius 3 is 2.36 bits per heavy atom. The Bertz CT molecular complexity index is 206. The van der Waals surface area contributed by atoms with E-state index < -0.39 is 18.0 Å². The lowest BCUT2D eigenvalue weighted by atomic mass is 10.3. The van der Waals surface area contributed by atoms with Crippen molar-refractivity contribution in [1.82, 2.24) is 5.32 Å². The maximum Gasteiger partial charge on any atom is 0.408 e. The van der Waals surface area contributed by atoms with Crippen LogP contribution in [0.3, 0.4) is 0 Å². The zero-order valence-electron chi connectivity index (χ0n) is 8.57. The Labute approximate surface area is 82.7 Å². The molecule has 0 saturated heterocycles. The first-order valence-corrected chi connectivity index (χ1v) is 4.22. The van der Waals surface area contributed by atoms with Crippen LogP contribution in [0.1, 0.15) is 13.8 Å². The molecule has 0 fully saturated rings. The van der Waals surface area contributed by atoms with Crippen molar-refractivity contribution in [2.45, 2.75) is 26.0 Å². The van der Waals surface area contributed by atoms with E-state index >= 15 is 0 Å². The summed E-state index contributed by atoms with van der Waals surface area (Å²) in [5.41, 5.74) is 5.01. The molecule has 14 heavy (non-hydrogen) atoms. The van der Waals surface area contributed by atoms with Crippen molar-refractivity contribution in [1.29, 1.82) is 0 Å². The van der Waals surface area contributed by atoms with Crippen LogP contribution in [-0.4, -0.2) is 37.9 Å². The third-order valence-electron chi connectivity index (χ3n) is 1.31. The number of nitrogens with one attached hydrogen (secondary N) is 1. The maximum absolute atomic E-state index is 11.0.